The fraction of sp³-hybridized carbons (Fsp3) is 0.188. The van der Waals surface area contributed by atoms with E-state index in [4.69, 9.17) is 5.11 Å². The van der Waals surface area contributed by atoms with Gasteiger partial charge < -0.3 is 15.3 Å². The van der Waals surface area contributed by atoms with Crippen LogP contribution in [-0.2, 0) is 4.79 Å². The third-order valence-electron chi connectivity index (χ3n) is 3.27. The molecule has 104 valence electrons. The molecule has 0 aromatic heterocycles. The van der Waals surface area contributed by atoms with E-state index in [1.54, 1.807) is 48.5 Å². The van der Waals surface area contributed by atoms with Crippen LogP contribution in [0.2, 0.25) is 0 Å². The lowest BCUT2D eigenvalue weighted by Gasteiger charge is -2.19. The molecule has 0 fully saturated rings. The van der Waals surface area contributed by atoms with Crippen molar-refractivity contribution in [3.8, 4) is 11.5 Å². The van der Waals surface area contributed by atoms with Gasteiger partial charge in [-0.25, -0.2) is 0 Å². The van der Waals surface area contributed by atoms with E-state index in [-0.39, 0.29) is 23.8 Å². The van der Waals surface area contributed by atoms with Crippen molar-refractivity contribution in [1.29, 1.82) is 0 Å². The molecule has 0 heterocycles. The highest BCUT2D eigenvalue weighted by molar-refractivity contribution is 5.67. The second-order valence-electron chi connectivity index (χ2n) is 4.60. The van der Waals surface area contributed by atoms with E-state index in [1.807, 2.05) is 0 Å². The van der Waals surface area contributed by atoms with E-state index < -0.39 is 5.97 Å². The van der Waals surface area contributed by atoms with E-state index in [9.17, 15) is 15.0 Å². The zero-order chi connectivity index (χ0) is 14.5. The summed E-state index contributed by atoms with van der Waals surface area (Å²) >= 11 is 0. The maximum Gasteiger partial charge on any atom is 0.303 e. The first-order valence-electron chi connectivity index (χ1n) is 6.37. The molecule has 0 aliphatic carbocycles. The molecule has 2 aromatic rings. The molecule has 0 amide bonds. The van der Waals surface area contributed by atoms with Gasteiger partial charge in [-0.15, -0.1) is 0 Å². The van der Waals surface area contributed by atoms with Gasteiger partial charge >= 0.3 is 5.97 Å². The van der Waals surface area contributed by atoms with Crippen molar-refractivity contribution >= 4 is 5.97 Å². The van der Waals surface area contributed by atoms with Crippen LogP contribution in [0.4, 0.5) is 0 Å². The minimum absolute atomic E-state index is 0.0344. The number of rotatable bonds is 5. The van der Waals surface area contributed by atoms with Crippen LogP contribution in [0.5, 0.6) is 11.5 Å². The monoisotopic (exact) mass is 272 g/mol. The average Bonchev–Trinajstić information content (AvgIpc) is 2.42. The van der Waals surface area contributed by atoms with Gasteiger partial charge in [0.25, 0.3) is 0 Å². The van der Waals surface area contributed by atoms with Crippen molar-refractivity contribution < 1.29 is 20.1 Å². The van der Waals surface area contributed by atoms with Crippen molar-refractivity contribution in [2.45, 2.75) is 18.8 Å². The lowest BCUT2D eigenvalue weighted by molar-refractivity contribution is -0.137. The average molecular weight is 272 g/mol. The predicted molar refractivity (Wildman–Crippen MR) is 74.9 cm³/mol. The normalized spacial score (nSPS) is 10.7. The van der Waals surface area contributed by atoms with Gasteiger partial charge in [-0.05, 0) is 18.6 Å². The molecule has 0 spiro atoms. The van der Waals surface area contributed by atoms with Crippen LogP contribution < -0.4 is 0 Å². The molecule has 0 aliphatic rings. The van der Waals surface area contributed by atoms with Gasteiger partial charge in [-0.1, -0.05) is 36.4 Å². The highest BCUT2D eigenvalue weighted by atomic mass is 16.4. The number of aromatic hydroxyl groups is 2. The zero-order valence-corrected chi connectivity index (χ0v) is 10.9. The maximum atomic E-state index is 10.8. The fourth-order valence-electron chi connectivity index (χ4n) is 2.31. The summed E-state index contributed by atoms with van der Waals surface area (Å²) < 4.78 is 0. The first kappa shape index (κ1) is 13.9. The van der Waals surface area contributed by atoms with Crippen LogP contribution in [0.3, 0.4) is 0 Å². The third-order valence-corrected chi connectivity index (χ3v) is 3.27. The Hall–Kier alpha value is -2.49. The summed E-state index contributed by atoms with van der Waals surface area (Å²) in [6.07, 6.45) is 0.276. The molecule has 0 aliphatic heterocycles. The Morgan fingerprint density at radius 1 is 0.900 bits per heavy atom. The van der Waals surface area contributed by atoms with Gasteiger partial charge in [0.05, 0.1) is 0 Å². The topological polar surface area (TPSA) is 77.8 Å². The number of carboxylic acid groups (broad SMARTS) is 1. The number of hydrogen-bond acceptors (Lipinski definition) is 3. The second kappa shape index (κ2) is 6.10. The number of aliphatic carboxylic acids is 1. The Balaban J connectivity index is 2.42. The molecule has 20 heavy (non-hydrogen) atoms. The standard InChI is InChI=1S/C16H16O4/c17-14-7-3-1-5-12(14)11(9-10-16(19)20)13-6-2-4-8-15(13)18/h1-8,11,17-18H,9-10H2,(H,19,20). The van der Waals surface area contributed by atoms with E-state index in [0.717, 1.165) is 0 Å². The van der Waals surface area contributed by atoms with Crippen molar-refractivity contribution in [2.24, 2.45) is 0 Å². The van der Waals surface area contributed by atoms with Gasteiger partial charge in [0, 0.05) is 23.5 Å². The van der Waals surface area contributed by atoms with Gasteiger partial charge in [0.2, 0.25) is 0 Å². The lowest BCUT2D eigenvalue weighted by atomic mass is 9.86. The fourth-order valence-corrected chi connectivity index (χ4v) is 2.31. The molecule has 0 bridgehead atoms. The molecule has 0 saturated carbocycles. The number of hydrogen-bond donors (Lipinski definition) is 3. The molecule has 0 saturated heterocycles. The number of phenolic OH excluding ortho intramolecular Hbond substituents is 2. The van der Waals surface area contributed by atoms with Crippen LogP contribution >= 0.6 is 0 Å². The second-order valence-corrected chi connectivity index (χ2v) is 4.60. The summed E-state index contributed by atoms with van der Waals surface area (Å²) in [4.78, 5) is 10.8. The number of carboxylic acids is 1. The number of phenols is 2. The molecular formula is C16H16O4. The lowest BCUT2D eigenvalue weighted by Crippen LogP contribution is -2.05. The summed E-state index contributed by atoms with van der Waals surface area (Å²) in [7, 11) is 0. The SMILES string of the molecule is O=C(O)CCC(c1ccccc1O)c1ccccc1O. The Kier molecular flexibility index (Phi) is 4.25. The Morgan fingerprint density at radius 2 is 1.35 bits per heavy atom. The molecule has 3 N–H and O–H groups in total. The predicted octanol–water partition coefficient (Wildman–Crippen LogP) is 3.09. The molecule has 4 heteroatoms. The van der Waals surface area contributed by atoms with Crippen molar-refractivity contribution in [2.75, 3.05) is 0 Å². The maximum absolute atomic E-state index is 10.8. The zero-order valence-electron chi connectivity index (χ0n) is 10.9. The van der Waals surface area contributed by atoms with Crippen LogP contribution in [0, 0.1) is 0 Å². The number of para-hydroxylation sites is 2. The smallest absolute Gasteiger partial charge is 0.303 e. The largest absolute Gasteiger partial charge is 0.508 e. The van der Waals surface area contributed by atoms with Crippen molar-refractivity contribution in [3.05, 3.63) is 59.7 Å². The Morgan fingerprint density at radius 3 is 1.75 bits per heavy atom. The minimum atomic E-state index is -0.902. The number of carbonyl (C=O) groups is 1. The first-order chi connectivity index (χ1) is 9.59. The molecule has 0 radical (unpaired) electrons. The van der Waals surface area contributed by atoms with E-state index >= 15 is 0 Å². The van der Waals surface area contributed by atoms with Gasteiger partial charge in [0.15, 0.2) is 0 Å². The minimum Gasteiger partial charge on any atom is -0.508 e. The summed E-state index contributed by atoms with van der Waals surface area (Å²) in [6, 6.07) is 13.6. The van der Waals surface area contributed by atoms with Crippen LogP contribution in [-0.4, -0.2) is 21.3 Å². The third kappa shape index (κ3) is 3.09. The molecule has 0 unspecified atom stereocenters. The van der Waals surface area contributed by atoms with Crippen LogP contribution in [0.1, 0.15) is 29.9 Å². The molecule has 2 aromatic carbocycles. The molecule has 2 rings (SSSR count). The van der Waals surface area contributed by atoms with E-state index in [0.29, 0.717) is 17.5 Å². The number of benzene rings is 2. The van der Waals surface area contributed by atoms with Crippen molar-refractivity contribution in [3.63, 3.8) is 0 Å². The van der Waals surface area contributed by atoms with Crippen LogP contribution in [0.15, 0.2) is 48.5 Å². The summed E-state index contributed by atoms with van der Waals surface area (Å²) in [5.74, 6) is -1.05. The molecular weight excluding hydrogens is 256 g/mol. The Bertz CT molecular complexity index is 561. The first-order valence-corrected chi connectivity index (χ1v) is 6.37. The highest BCUT2D eigenvalue weighted by Gasteiger charge is 2.21. The highest BCUT2D eigenvalue weighted by Crippen LogP contribution is 2.38. The summed E-state index contributed by atoms with van der Waals surface area (Å²) in [5.41, 5.74) is 1.24. The molecule has 0 atom stereocenters. The summed E-state index contributed by atoms with van der Waals surface area (Å²) in [5, 5.41) is 28.8. The molecule has 4 nitrogen and oxygen atoms in total. The van der Waals surface area contributed by atoms with E-state index in [2.05, 4.69) is 0 Å². The van der Waals surface area contributed by atoms with E-state index in [1.165, 1.54) is 0 Å². The van der Waals surface area contributed by atoms with Crippen LogP contribution in [0.25, 0.3) is 0 Å². The van der Waals surface area contributed by atoms with Gasteiger partial charge in [-0.3, -0.25) is 4.79 Å². The van der Waals surface area contributed by atoms with Gasteiger partial charge in [-0.2, -0.15) is 0 Å². The quantitative estimate of drug-likeness (QED) is 0.781. The summed E-state index contributed by atoms with van der Waals surface area (Å²) in [6.45, 7) is 0. The van der Waals surface area contributed by atoms with Crippen molar-refractivity contribution in [1.82, 2.24) is 0 Å². The Labute approximate surface area is 116 Å². The van der Waals surface area contributed by atoms with Gasteiger partial charge in [0.1, 0.15) is 11.5 Å².